The van der Waals surface area contributed by atoms with Gasteiger partial charge in [-0.05, 0) is 0 Å². The van der Waals surface area contributed by atoms with Crippen LogP contribution in [0.1, 0.15) is 59.3 Å². The van der Waals surface area contributed by atoms with Crippen molar-refractivity contribution < 1.29 is 0 Å². The molecule has 0 saturated carbocycles. The zero-order chi connectivity index (χ0) is 13.3. The molecule has 1 heterocycles. The first-order valence-corrected chi connectivity index (χ1v) is 16.2. The Morgan fingerprint density at radius 3 is 1.68 bits per heavy atom. The van der Waals surface area contributed by atoms with Crippen molar-refractivity contribution in [3.05, 3.63) is 17.5 Å². The van der Waals surface area contributed by atoms with Gasteiger partial charge in [0.15, 0.2) is 0 Å². The predicted octanol–water partition coefficient (Wildman–Crippen LogP) is 4.35. The fraction of sp³-hybridized carbons (Fsp3) is 0.750. The first kappa shape index (κ1) is 20.3. The Morgan fingerprint density at radius 2 is 1.37 bits per heavy atom. The third-order valence-electron chi connectivity index (χ3n) is 4.07. The monoisotopic (exact) mass is 498 g/mol. The summed E-state index contributed by atoms with van der Waals surface area (Å²) >= 11 is 0.0608. The fourth-order valence-electron chi connectivity index (χ4n) is 2.87. The molecule has 0 aliphatic heterocycles. The van der Waals surface area contributed by atoms with Gasteiger partial charge in [0.1, 0.15) is 0 Å². The Hall–Kier alpha value is 1.30. The topological polar surface area (TPSA) is 0 Å². The number of rotatable bonds is 10. The molecule has 112 valence electrons. The summed E-state index contributed by atoms with van der Waals surface area (Å²) in [5, 5.41) is 2.31. The minimum absolute atomic E-state index is 0. The molecule has 0 atom stereocenters. The molecule has 0 unspecified atom stereocenters. The van der Waals surface area contributed by atoms with Gasteiger partial charge in [-0.2, -0.15) is 0 Å². The van der Waals surface area contributed by atoms with E-state index in [1.807, 2.05) is 2.89 Å². The molecule has 0 fully saturated rings. The quantitative estimate of drug-likeness (QED) is 0.423. The van der Waals surface area contributed by atoms with Crippen LogP contribution in [0.4, 0.5) is 0 Å². The van der Waals surface area contributed by atoms with Crippen LogP contribution in [-0.4, -0.2) is 42.3 Å². The van der Waals surface area contributed by atoms with Crippen molar-refractivity contribution >= 4 is 56.5 Å². The van der Waals surface area contributed by atoms with Gasteiger partial charge >= 0.3 is 147 Å². The Balaban J connectivity index is 0.00000324. The first-order chi connectivity index (χ1) is 8.79. The maximum absolute atomic E-state index is 2.47. The maximum atomic E-state index is 2.47. The van der Waals surface area contributed by atoms with E-state index in [2.05, 4.69) is 49.6 Å². The van der Waals surface area contributed by atoms with E-state index < -0.39 is 18.4 Å². The molecule has 19 heavy (non-hydrogen) atoms. The van der Waals surface area contributed by atoms with Gasteiger partial charge in [0.25, 0.3) is 0 Å². The predicted molar refractivity (Wildman–Crippen MR) is 100 cm³/mol. The second kappa shape index (κ2) is 11.9. The van der Waals surface area contributed by atoms with Gasteiger partial charge in [0, 0.05) is 0 Å². The van der Waals surface area contributed by atoms with Crippen LogP contribution < -0.4 is 2.89 Å². The average molecular weight is 496 g/mol. The van der Waals surface area contributed by atoms with Crippen molar-refractivity contribution in [3.8, 4) is 0 Å². The number of unbranched alkanes of at least 4 members (excludes halogenated alkanes) is 3. The van der Waals surface area contributed by atoms with Gasteiger partial charge in [-0.3, -0.25) is 0 Å². The molecule has 3 heteroatoms. The van der Waals surface area contributed by atoms with Crippen LogP contribution >= 0.6 is 11.3 Å². The molecule has 0 aliphatic rings. The summed E-state index contributed by atoms with van der Waals surface area (Å²) in [5.41, 5.74) is 0. The molecule has 0 spiro atoms. The van der Waals surface area contributed by atoms with E-state index in [0.29, 0.717) is 0 Å². The van der Waals surface area contributed by atoms with Crippen LogP contribution in [-0.2, 0) is 0 Å². The van der Waals surface area contributed by atoms with Crippen molar-refractivity contribution in [2.75, 3.05) is 0 Å². The van der Waals surface area contributed by atoms with E-state index in [-0.39, 0.29) is 23.9 Å². The Morgan fingerprint density at radius 1 is 0.895 bits per heavy atom. The molecule has 0 aromatic carbocycles. The third-order valence-corrected chi connectivity index (χ3v) is 23.3. The fourth-order valence-corrected chi connectivity index (χ4v) is 22.7. The Labute approximate surface area is 145 Å². The molecule has 1 aromatic rings. The van der Waals surface area contributed by atoms with Crippen molar-refractivity contribution in [2.45, 2.75) is 72.6 Å². The molecule has 0 nitrogen and oxygen atoms in total. The molecule has 0 saturated heterocycles. The van der Waals surface area contributed by atoms with Crippen molar-refractivity contribution in [3.63, 3.8) is 0 Å². The Kier molecular flexibility index (Phi) is 12.7. The summed E-state index contributed by atoms with van der Waals surface area (Å²) in [5.74, 6) is 0. The zero-order valence-electron chi connectivity index (χ0n) is 12.5. The van der Waals surface area contributed by atoms with Crippen molar-refractivity contribution in [1.29, 1.82) is 0 Å². The van der Waals surface area contributed by atoms with Crippen LogP contribution in [0.15, 0.2) is 17.5 Å². The van der Waals surface area contributed by atoms with Gasteiger partial charge < -0.3 is 0 Å². The molecule has 1 rings (SSSR count). The van der Waals surface area contributed by atoms with E-state index in [9.17, 15) is 0 Å². The van der Waals surface area contributed by atoms with E-state index in [1.165, 1.54) is 38.5 Å². The second-order valence-electron chi connectivity index (χ2n) is 5.57. The molecular formula is C16H34SSn2. The molecule has 0 amide bonds. The standard InChI is InChI=1S/C4H3S.3C4H9.2Sn.4H/c1-2-4-5-3-1;3*1-3-4-2;;;;;;/h1-3H;3*1,3-4H2,2H3;;;;;;. The summed E-state index contributed by atoms with van der Waals surface area (Å²) < 4.78 is 6.67. The van der Waals surface area contributed by atoms with Gasteiger partial charge in [-0.1, -0.05) is 0 Å². The third kappa shape index (κ3) is 6.73. The van der Waals surface area contributed by atoms with Crippen LogP contribution in [0.25, 0.3) is 0 Å². The van der Waals surface area contributed by atoms with E-state index in [1.54, 1.807) is 13.3 Å². The average Bonchev–Trinajstić information content (AvgIpc) is 2.93. The molecule has 0 N–H and O–H groups in total. The molecule has 1 aromatic heterocycles. The summed E-state index contributed by atoms with van der Waals surface area (Å²) in [6, 6.07) is 4.76. The summed E-state index contributed by atoms with van der Waals surface area (Å²) in [4.78, 5) is 0. The number of hydrogen-bond donors (Lipinski definition) is 0. The van der Waals surface area contributed by atoms with Crippen molar-refractivity contribution in [2.24, 2.45) is 0 Å². The Bertz CT molecular complexity index is 274. The molecular weight excluding hydrogens is 462 g/mol. The molecule has 0 bridgehead atoms. The van der Waals surface area contributed by atoms with Crippen LogP contribution in [0.2, 0.25) is 13.3 Å². The summed E-state index contributed by atoms with van der Waals surface area (Å²) in [6.45, 7) is 7.06. The van der Waals surface area contributed by atoms with Crippen LogP contribution in [0, 0.1) is 0 Å². The van der Waals surface area contributed by atoms with Gasteiger partial charge in [0.05, 0.1) is 0 Å². The molecule has 0 aliphatic carbocycles. The van der Waals surface area contributed by atoms with Crippen molar-refractivity contribution in [1.82, 2.24) is 0 Å². The van der Waals surface area contributed by atoms with Gasteiger partial charge in [-0.15, -0.1) is 0 Å². The normalized spacial score (nSPS) is 11.3. The zero-order valence-corrected chi connectivity index (χ0v) is 16.2. The number of hydrogen-bond acceptors (Lipinski definition) is 1. The molecule has 0 radical (unpaired) electrons. The van der Waals surface area contributed by atoms with Gasteiger partial charge in [-0.25, -0.2) is 0 Å². The SMILES string of the molecule is CCC[CH2][Sn]([CH2]CCC)([CH2]CCC)[c]1cccs1.[SnH4]. The van der Waals surface area contributed by atoms with E-state index in [0.717, 1.165) is 0 Å². The van der Waals surface area contributed by atoms with Crippen LogP contribution in [0.3, 0.4) is 0 Å². The van der Waals surface area contributed by atoms with E-state index in [4.69, 9.17) is 0 Å². The number of thiophene rings is 1. The summed E-state index contributed by atoms with van der Waals surface area (Å²) in [7, 11) is 0. The van der Waals surface area contributed by atoms with E-state index >= 15 is 0 Å². The summed E-state index contributed by atoms with van der Waals surface area (Å²) in [6.07, 6.45) is 8.55. The second-order valence-corrected chi connectivity index (χ2v) is 20.7. The minimum atomic E-state index is -2.01. The van der Waals surface area contributed by atoms with Crippen LogP contribution in [0.5, 0.6) is 0 Å². The van der Waals surface area contributed by atoms with Gasteiger partial charge in [0.2, 0.25) is 0 Å². The first-order valence-electron chi connectivity index (χ1n) is 7.83.